The maximum Gasteiger partial charge on any atom is 0.240 e. The van der Waals surface area contributed by atoms with Crippen molar-refractivity contribution in [3.8, 4) is 0 Å². The Labute approximate surface area is 167 Å². The van der Waals surface area contributed by atoms with Crippen molar-refractivity contribution in [2.75, 3.05) is 6.54 Å². The summed E-state index contributed by atoms with van der Waals surface area (Å²) in [5.74, 6) is 0.757. The average molecular weight is 394 g/mol. The fraction of sp³-hybridized carbons (Fsp3) is 0.333. The van der Waals surface area contributed by atoms with Gasteiger partial charge >= 0.3 is 0 Å². The summed E-state index contributed by atoms with van der Waals surface area (Å²) in [5.41, 5.74) is 1.23. The number of benzene rings is 3. The predicted molar refractivity (Wildman–Crippen MR) is 115 cm³/mol. The van der Waals surface area contributed by atoms with E-state index >= 15 is 0 Å². The summed E-state index contributed by atoms with van der Waals surface area (Å²) in [5, 5.41) is 1.99. The van der Waals surface area contributed by atoms with Gasteiger partial charge in [0.15, 0.2) is 0 Å². The van der Waals surface area contributed by atoms with E-state index in [4.69, 9.17) is 0 Å². The number of sulfonamides is 1. The first kappa shape index (κ1) is 19.2. The second-order valence-corrected chi connectivity index (χ2v) is 9.54. The lowest BCUT2D eigenvalue weighted by Gasteiger charge is -2.31. The highest BCUT2D eigenvalue weighted by Crippen LogP contribution is 2.36. The quantitative estimate of drug-likeness (QED) is 0.602. The van der Waals surface area contributed by atoms with Crippen LogP contribution >= 0.6 is 0 Å². The molecule has 3 nitrogen and oxygen atoms in total. The standard InChI is InChI=1S/C24H27NO2S/c26-28(27,23-16-15-19-9-7-8-14-22(19)17-23)25-18-24(20-10-3-1-4-11-20)21-12-5-2-6-13-21/h1,3-4,7-11,14-17,21,24-25H,2,5-6,12-13,18H2/t24-/m1/s1. The summed E-state index contributed by atoms with van der Waals surface area (Å²) in [6.07, 6.45) is 6.13. The van der Waals surface area contributed by atoms with Crippen LogP contribution in [0.1, 0.15) is 43.6 Å². The van der Waals surface area contributed by atoms with Gasteiger partial charge in [-0.3, -0.25) is 0 Å². The highest BCUT2D eigenvalue weighted by Gasteiger charge is 2.27. The van der Waals surface area contributed by atoms with Gasteiger partial charge in [0, 0.05) is 12.5 Å². The van der Waals surface area contributed by atoms with Crippen LogP contribution in [-0.4, -0.2) is 15.0 Å². The molecule has 1 fully saturated rings. The van der Waals surface area contributed by atoms with Gasteiger partial charge in [-0.05, 0) is 47.2 Å². The van der Waals surface area contributed by atoms with Crippen molar-refractivity contribution in [2.45, 2.75) is 42.9 Å². The topological polar surface area (TPSA) is 46.2 Å². The molecule has 28 heavy (non-hydrogen) atoms. The molecule has 0 heterocycles. The minimum absolute atomic E-state index is 0.219. The van der Waals surface area contributed by atoms with Crippen LogP contribution in [0.15, 0.2) is 77.7 Å². The first-order chi connectivity index (χ1) is 13.6. The minimum atomic E-state index is -3.54. The van der Waals surface area contributed by atoms with Crippen LogP contribution in [-0.2, 0) is 10.0 Å². The molecule has 4 heteroatoms. The van der Waals surface area contributed by atoms with Crippen LogP contribution in [0, 0.1) is 5.92 Å². The van der Waals surface area contributed by atoms with Gasteiger partial charge in [-0.15, -0.1) is 0 Å². The van der Waals surface area contributed by atoms with Crippen molar-refractivity contribution in [1.82, 2.24) is 4.72 Å². The lowest BCUT2D eigenvalue weighted by molar-refractivity contribution is 0.303. The van der Waals surface area contributed by atoms with E-state index in [1.807, 2.05) is 48.5 Å². The van der Waals surface area contributed by atoms with E-state index in [0.29, 0.717) is 17.4 Å². The molecule has 0 bridgehead atoms. The van der Waals surface area contributed by atoms with Gasteiger partial charge in [0.05, 0.1) is 4.90 Å². The van der Waals surface area contributed by atoms with Crippen LogP contribution in [0.3, 0.4) is 0 Å². The highest BCUT2D eigenvalue weighted by molar-refractivity contribution is 7.89. The minimum Gasteiger partial charge on any atom is -0.211 e. The fourth-order valence-electron chi connectivity index (χ4n) is 4.41. The molecule has 0 amide bonds. The van der Waals surface area contributed by atoms with E-state index in [9.17, 15) is 8.42 Å². The monoisotopic (exact) mass is 393 g/mol. The maximum absolute atomic E-state index is 13.0. The van der Waals surface area contributed by atoms with Crippen LogP contribution in [0.4, 0.5) is 0 Å². The SMILES string of the molecule is O=S(=O)(NC[C@H](c1ccccc1)C1CCCCC1)c1ccc2ccccc2c1. The Balaban J connectivity index is 1.56. The Hall–Kier alpha value is -2.17. The molecule has 4 rings (SSSR count). The van der Waals surface area contributed by atoms with Crippen LogP contribution in [0.5, 0.6) is 0 Å². The zero-order chi connectivity index (χ0) is 19.4. The number of fused-ring (bicyclic) bond motifs is 1. The number of hydrogen-bond acceptors (Lipinski definition) is 2. The molecular weight excluding hydrogens is 366 g/mol. The third kappa shape index (κ3) is 4.29. The van der Waals surface area contributed by atoms with Crippen LogP contribution < -0.4 is 4.72 Å². The molecule has 1 N–H and O–H groups in total. The average Bonchev–Trinajstić information content (AvgIpc) is 2.75. The molecule has 0 aromatic heterocycles. The van der Waals surface area contributed by atoms with Crippen molar-refractivity contribution in [2.24, 2.45) is 5.92 Å². The van der Waals surface area contributed by atoms with Gasteiger partial charge < -0.3 is 0 Å². The lowest BCUT2D eigenvalue weighted by Crippen LogP contribution is -2.32. The van der Waals surface area contributed by atoms with Gasteiger partial charge in [-0.2, -0.15) is 0 Å². The Morgan fingerprint density at radius 2 is 1.50 bits per heavy atom. The summed E-state index contributed by atoms with van der Waals surface area (Å²) >= 11 is 0. The number of nitrogens with one attached hydrogen (secondary N) is 1. The molecule has 1 aliphatic rings. The van der Waals surface area contributed by atoms with E-state index in [0.717, 1.165) is 10.8 Å². The molecule has 1 aliphatic carbocycles. The summed E-state index contributed by atoms with van der Waals surface area (Å²) < 4.78 is 28.9. The first-order valence-corrected chi connectivity index (χ1v) is 11.7. The van der Waals surface area contributed by atoms with Crippen molar-refractivity contribution < 1.29 is 8.42 Å². The van der Waals surface area contributed by atoms with Crippen molar-refractivity contribution >= 4 is 20.8 Å². The molecule has 3 aromatic carbocycles. The summed E-state index contributed by atoms with van der Waals surface area (Å²) in [6, 6.07) is 23.5. The van der Waals surface area contributed by atoms with Gasteiger partial charge in [-0.1, -0.05) is 79.9 Å². The predicted octanol–water partition coefficient (Wildman–Crippen LogP) is 5.48. The van der Waals surface area contributed by atoms with E-state index in [-0.39, 0.29) is 5.92 Å². The van der Waals surface area contributed by atoms with Crippen molar-refractivity contribution in [3.63, 3.8) is 0 Å². The number of rotatable bonds is 6. The Morgan fingerprint density at radius 3 is 2.25 bits per heavy atom. The molecule has 0 unspecified atom stereocenters. The zero-order valence-corrected chi connectivity index (χ0v) is 16.9. The lowest BCUT2D eigenvalue weighted by atomic mass is 9.77. The maximum atomic E-state index is 13.0. The molecule has 3 aromatic rings. The molecule has 1 atom stereocenters. The Bertz CT molecular complexity index is 1020. The largest absolute Gasteiger partial charge is 0.240 e. The fourth-order valence-corrected chi connectivity index (χ4v) is 5.51. The van der Waals surface area contributed by atoms with E-state index < -0.39 is 10.0 Å². The zero-order valence-electron chi connectivity index (χ0n) is 16.1. The summed E-state index contributed by atoms with van der Waals surface area (Å²) in [6.45, 7) is 0.448. The van der Waals surface area contributed by atoms with Gasteiger partial charge in [0.25, 0.3) is 0 Å². The van der Waals surface area contributed by atoms with E-state index in [1.165, 1.54) is 37.7 Å². The molecule has 0 spiro atoms. The molecule has 0 aliphatic heterocycles. The van der Waals surface area contributed by atoms with E-state index in [1.54, 1.807) is 12.1 Å². The third-order valence-electron chi connectivity index (χ3n) is 5.97. The summed E-state index contributed by atoms with van der Waals surface area (Å²) in [7, 11) is -3.54. The highest BCUT2D eigenvalue weighted by atomic mass is 32.2. The first-order valence-electron chi connectivity index (χ1n) is 10.2. The van der Waals surface area contributed by atoms with Gasteiger partial charge in [0.1, 0.15) is 0 Å². The normalized spacial score (nSPS) is 16.9. The smallest absolute Gasteiger partial charge is 0.211 e. The molecular formula is C24H27NO2S. The number of hydrogen-bond donors (Lipinski definition) is 1. The Kier molecular flexibility index (Phi) is 5.79. The van der Waals surface area contributed by atoms with Crippen LogP contribution in [0.25, 0.3) is 10.8 Å². The third-order valence-corrected chi connectivity index (χ3v) is 7.39. The van der Waals surface area contributed by atoms with Crippen molar-refractivity contribution in [3.05, 3.63) is 78.4 Å². The second kappa shape index (κ2) is 8.46. The van der Waals surface area contributed by atoms with Crippen LogP contribution in [0.2, 0.25) is 0 Å². The molecule has 1 saturated carbocycles. The van der Waals surface area contributed by atoms with Crippen molar-refractivity contribution in [1.29, 1.82) is 0 Å². The molecule has 0 saturated heterocycles. The summed E-state index contributed by atoms with van der Waals surface area (Å²) in [4.78, 5) is 0.335. The van der Waals surface area contributed by atoms with Gasteiger partial charge in [0.2, 0.25) is 10.0 Å². The van der Waals surface area contributed by atoms with E-state index in [2.05, 4.69) is 16.9 Å². The Morgan fingerprint density at radius 1 is 0.821 bits per heavy atom. The molecule has 146 valence electrons. The molecule has 0 radical (unpaired) electrons. The second-order valence-electron chi connectivity index (χ2n) is 7.78. The van der Waals surface area contributed by atoms with Gasteiger partial charge in [-0.25, -0.2) is 13.1 Å².